The summed E-state index contributed by atoms with van der Waals surface area (Å²) < 4.78 is 34.9. The van der Waals surface area contributed by atoms with Crippen LogP contribution in [-0.4, -0.2) is 53.6 Å². The van der Waals surface area contributed by atoms with Gasteiger partial charge in [0.1, 0.15) is 17.4 Å². The molecule has 5 rings (SSSR count). The Bertz CT molecular complexity index is 1610. The lowest BCUT2D eigenvalue weighted by Crippen LogP contribution is -2.44. The topological polar surface area (TPSA) is 99.9 Å². The summed E-state index contributed by atoms with van der Waals surface area (Å²) in [6.45, 7) is 13.8. The first kappa shape index (κ1) is 31.1. The molecular weight excluding hydrogens is 586 g/mol. The molecule has 12 heteroatoms. The molecule has 9 nitrogen and oxygen atoms in total. The normalized spacial score (nSPS) is 17.7. The van der Waals surface area contributed by atoms with Gasteiger partial charge in [0, 0.05) is 17.9 Å². The molecule has 3 heterocycles. The Hall–Kier alpha value is -3.35. The monoisotopic (exact) mass is 625 g/mol. The van der Waals surface area contributed by atoms with Gasteiger partial charge in [-0.3, -0.25) is 10.1 Å². The zero-order valence-electron chi connectivity index (χ0n) is 25.9. The van der Waals surface area contributed by atoms with Crippen LogP contribution in [0.2, 0.25) is 18.1 Å². The van der Waals surface area contributed by atoms with Gasteiger partial charge in [-0.05, 0) is 86.2 Å². The summed E-state index contributed by atoms with van der Waals surface area (Å²) in [5, 5.41) is 12.0. The third-order valence-corrected chi connectivity index (χ3v) is 14.0. The van der Waals surface area contributed by atoms with Gasteiger partial charge in [-0.25, -0.2) is 9.37 Å². The van der Waals surface area contributed by atoms with Crippen molar-refractivity contribution in [3.05, 3.63) is 53.9 Å². The predicted molar refractivity (Wildman–Crippen MR) is 169 cm³/mol. The van der Waals surface area contributed by atoms with Crippen LogP contribution in [0.25, 0.3) is 16.6 Å². The van der Waals surface area contributed by atoms with Gasteiger partial charge in [0.2, 0.25) is 5.13 Å². The second kappa shape index (κ2) is 12.3. The molecule has 0 saturated heterocycles. The first-order valence-electron chi connectivity index (χ1n) is 14.6. The van der Waals surface area contributed by atoms with E-state index in [4.69, 9.17) is 13.9 Å². The molecule has 1 fully saturated rings. The van der Waals surface area contributed by atoms with E-state index in [1.807, 2.05) is 6.92 Å². The SMILES string of the molecule is COc1cccc(F)c1-c1cc2cnc(C)n2cc1C(=O)Nc1nnc(OCC2CCC(O[Si](C)(C)C(C)(C)C)CC2)s1. The fourth-order valence-electron chi connectivity index (χ4n) is 5.18. The number of benzene rings is 1. The van der Waals surface area contributed by atoms with Crippen molar-refractivity contribution in [2.75, 3.05) is 19.0 Å². The second-order valence-electron chi connectivity index (χ2n) is 12.7. The number of carbonyl (C=O) groups is 1. The number of aromatic nitrogens is 4. The molecule has 1 N–H and O–H groups in total. The molecule has 0 aliphatic heterocycles. The number of hydrogen-bond donors (Lipinski definition) is 1. The predicted octanol–water partition coefficient (Wildman–Crippen LogP) is 7.52. The number of methoxy groups -OCH3 is 1. The Labute approximate surface area is 256 Å². The molecule has 1 saturated carbocycles. The van der Waals surface area contributed by atoms with Crippen molar-refractivity contribution in [3.8, 4) is 22.1 Å². The molecule has 0 bridgehead atoms. The maximum absolute atomic E-state index is 15.1. The molecule has 1 aliphatic rings. The highest BCUT2D eigenvalue weighted by atomic mass is 32.1. The zero-order valence-corrected chi connectivity index (χ0v) is 27.7. The largest absolute Gasteiger partial charge is 0.496 e. The Balaban J connectivity index is 1.25. The lowest BCUT2D eigenvalue weighted by molar-refractivity contribution is 0.0983. The van der Waals surface area contributed by atoms with E-state index < -0.39 is 20.0 Å². The van der Waals surface area contributed by atoms with Crippen LogP contribution in [0.5, 0.6) is 10.9 Å². The second-order valence-corrected chi connectivity index (χ2v) is 18.4. The molecule has 43 heavy (non-hydrogen) atoms. The number of nitrogens with one attached hydrogen (secondary N) is 1. The number of imidazole rings is 1. The van der Waals surface area contributed by atoms with Gasteiger partial charge >= 0.3 is 0 Å². The smallest absolute Gasteiger partial charge is 0.295 e. The minimum absolute atomic E-state index is 0.197. The molecule has 0 radical (unpaired) electrons. The number of rotatable bonds is 9. The number of nitrogens with zero attached hydrogens (tertiary/aromatic N) is 4. The number of pyridine rings is 1. The number of carbonyl (C=O) groups excluding carboxylic acids is 1. The van der Waals surface area contributed by atoms with Crippen molar-refractivity contribution < 1.29 is 23.1 Å². The molecule has 1 amide bonds. The van der Waals surface area contributed by atoms with Crippen LogP contribution in [0.15, 0.2) is 36.7 Å². The van der Waals surface area contributed by atoms with Crippen molar-refractivity contribution in [1.29, 1.82) is 0 Å². The Kier molecular flexibility index (Phi) is 8.91. The third kappa shape index (κ3) is 6.76. The summed E-state index contributed by atoms with van der Waals surface area (Å²) >= 11 is 1.16. The van der Waals surface area contributed by atoms with Crippen LogP contribution in [0.1, 0.15) is 62.6 Å². The van der Waals surface area contributed by atoms with E-state index in [0.29, 0.717) is 46.1 Å². The van der Waals surface area contributed by atoms with E-state index in [9.17, 15) is 4.79 Å². The summed E-state index contributed by atoms with van der Waals surface area (Å²) in [7, 11) is -0.307. The Morgan fingerprint density at radius 3 is 2.63 bits per heavy atom. The van der Waals surface area contributed by atoms with E-state index in [2.05, 4.69) is 54.4 Å². The first-order chi connectivity index (χ1) is 20.4. The van der Waals surface area contributed by atoms with Gasteiger partial charge in [0.25, 0.3) is 11.1 Å². The minimum Gasteiger partial charge on any atom is -0.496 e. The van der Waals surface area contributed by atoms with Crippen molar-refractivity contribution in [2.24, 2.45) is 5.92 Å². The van der Waals surface area contributed by atoms with E-state index >= 15 is 4.39 Å². The molecule has 4 aromatic rings. The number of amides is 1. The van der Waals surface area contributed by atoms with Crippen LogP contribution in [0.4, 0.5) is 9.52 Å². The summed E-state index contributed by atoms with van der Waals surface area (Å²) in [5.41, 5.74) is 1.55. The first-order valence-corrected chi connectivity index (χ1v) is 18.3. The number of halogens is 1. The molecule has 230 valence electrons. The van der Waals surface area contributed by atoms with Crippen LogP contribution >= 0.6 is 11.3 Å². The van der Waals surface area contributed by atoms with Crippen LogP contribution in [0, 0.1) is 18.7 Å². The number of anilines is 1. The quantitative estimate of drug-likeness (QED) is 0.192. The highest BCUT2D eigenvalue weighted by Gasteiger charge is 2.39. The maximum Gasteiger partial charge on any atom is 0.295 e. The number of hydrogen-bond acceptors (Lipinski definition) is 8. The van der Waals surface area contributed by atoms with Crippen molar-refractivity contribution in [1.82, 2.24) is 19.6 Å². The third-order valence-electron chi connectivity index (χ3n) is 8.69. The van der Waals surface area contributed by atoms with Crippen LogP contribution in [-0.2, 0) is 4.43 Å². The molecular formula is C31H40FN5O4SSi. The molecule has 0 unspecified atom stereocenters. The van der Waals surface area contributed by atoms with E-state index in [-0.39, 0.29) is 16.2 Å². The molecule has 1 aromatic carbocycles. The van der Waals surface area contributed by atoms with Gasteiger partial charge in [0.15, 0.2) is 8.32 Å². The van der Waals surface area contributed by atoms with Crippen molar-refractivity contribution >= 4 is 36.2 Å². The fraction of sp³-hybridized carbons (Fsp3) is 0.484. The lowest BCUT2D eigenvalue weighted by atomic mass is 9.88. The summed E-state index contributed by atoms with van der Waals surface area (Å²) in [5.74, 6) is 0.481. The minimum atomic E-state index is -1.78. The zero-order chi connectivity index (χ0) is 30.9. The number of aryl methyl sites for hydroxylation is 1. The van der Waals surface area contributed by atoms with Gasteiger partial charge in [-0.15, -0.1) is 5.10 Å². The Morgan fingerprint density at radius 2 is 1.93 bits per heavy atom. The standard InChI is InChI=1S/C31H40FN5O4SSi/c1-19-33-16-21-15-23(27-25(32)9-8-10-26(27)39-5)24(17-37(19)21)28(38)34-29-35-36-30(42-29)40-18-20-11-13-22(14-12-20)41-43(6,7)31(2,3)4/h8-10,15-17,20,22H,11-14,18H2,1-7H3,(H,34,35,38). The van der Waals surface area contributed by atoms with Gasteiger partial charge in [-0.2, -0.15) is 0 Å². The molecule has 3 aromatic heterocycles. The molecule has 0 atom stereocenters. The number of ether oxygens (including phenoxy) is 2. The lowest BCUT2D eigenvalue weighted by Gasteiger charge is -2.41. The molecule has 1 aliphatic carbocycles. The van der Waals surface area contributed by atoms with Crippen molar-refractivity contribution in [2.45, 2.75) is 77.6 Å². The highest BCUT2D eigenvalue weighted by molar-refractivity contribution is 7.17. The van der Waals surface area contributed by atoms with Crippen LogP contribution < -0.4 is 14.8 Å². The van der Waals surface area contributed by atoms with E-state index in [1.54, 1.807) is 35.0 Å². The highest BCUT2D eigenvalue weighted by Crippen LogP contribution is 2.40. The number of fused-ring (bicyclic) bond motifs is 1. The average molecular weight is 626 g/mol. The van der Waals surface area contributed by atoms with Gasteiger partial charge < -0.3 is 18.3 Å². The molecule has 0 spiro atoms. The van der Waals surface area contributed by atoms with Gasteiger partial charge in [-0.1, -0.05) is 31.9 Å². The van der Waals surface area contributed by atoms with Gasteiger partial charge in [0.05, 0.1) is 36.6 Å². The summed E-state index contributed by atoms with van der Waals surface area (Å²) in [6.07, 6.45) is 7.80. The van der Waals surface area contributed by atoms with Crippen molar-refractivity contribution in [3.63, 3.8) is 0 Å². The van der Waals surface area contributed by atoms with E-state index in [1.165, 1.54) is 13.2 Å². The summed E-state index contributed by atoms with van der Waals surface area (Å²) in [6, 6.07) is 6.30. The summed E-state index contributed by atoms with van der Waals surface area (Å²) in [4.78, 5) is 17.9. The van der Waals surface area contributed by atoms with E-state index in [0.717, 1.165) is 42.5 Å². The Morgan fingerprint density at radius 1 is 1.19 bits per heavy atom. The average Bonchev–Trinajstić information content (AvgIpc) is 3.56. The fourth-order valence-corrected chi connectivity index (χ4v) is 7.20. The van der Waals surface area contributed by atoms with Crippen LogP contribution in [0.3, 0.4) is 0 Å². The maximum atomic E-state index is 15.1.